The summed E-state index contributed by atoms with van der Waals surface area (Å²) in [5, 5.41) is 6.14. The fraction of sp³-hybridized carbons (Fsp3) is 0.222. The van der Waals surface area contributed by atoms with Crippen LogP contribution in [0.15, 0.2) is 53.0 Å². The van der Waals surface area contributed by atoms with Crippen molar-refractivity contribution in [3.05, 3.63) is 64.1 Å². The lowest BCUT2D eigenvalue weighted by Crippen LogP contribution is -2.34. The fourth-order valence-electron chi connectivity index (χ4n) is 2.22. The molecule has 0 aliphatic heterocycles. The Kier molecular flexibility index (Phi) is 6.30. The van der Waals surface area contributed by atoms with E-state index in [4.69, 9.17) is 12.2 Å². The molecule has 0 fully saturated rings. The van der Waals surface area contributed by atoms with E-state index < -0.39 is 0 Å². The number of anilines is 1. The molecule has 0 bridgehead atoms. The number of nitrogens with one attached hydrogen (secondary N) is 2. The van der Waals surface area contributed by atoms with Crippen LogP contribution >= 0.6 is 28.1 Å². The highest BCUT2D eigenvalue weighted by molar-refractivity contribution is 9.10. The number of rotatable bonds is 4. The average molecular weight is 391 g/mol. The van der Waals surface area contributed by atoms with Gasteiger partial charge < -0.3 is 5.32 Å². The molecule has 0 heterocycles. The Bertz CT molecular complexity index is 718. The smallest absolute Gasteiger partial charge is 0.257 e. The number of hydrogen-bond acceptors (Lipinski definition) is 2. The van der Waals surface area contributed by atoms with E-state index in [0.717, 1.165) is 16.6 Å². The van der Waals surface area contributed by atoms with Gasteiger partial charge in [-0.2, -0.15) is 0 Å². The third kappa shape index (κ3) is 4.88. The molecule has 0 radical (unpaired) electrons. The zero-order chi connectivity index (χ0) is 16.8. The van der Waals surface area contributed by atoms with Crippen molar-refractivity contribution in [1.29, 1.82) is 0 Å². The summed E-state index contributed by atoms with van der Waals surface area (Å²) in [7, 11) is 0. The molecule has 1 atom stereocenters. The van der Waals surface area contributed by atoms with Crippen molar-refractivity contribution in [2.24, 2.45) is 0 Å². The van der Waals surface area contributed by atoms with Gasteiger partial charge in [0.15, 0.2) is 5.11 Å². The van der Waals surface area contributed by atoms with E-state index in [2.05, 4.69) is 46.5 Å². The highest BCUT2D eigenvalue weighted by Gasteiger charge is 2.12. The number of para-hydroxylation sites is 1. The van der Waals surface area contributed by atoms with Crippen LogP contribution in [0.2, 0.25) is 0 Å². The van der Waals surface area contributed by atoms with Gasteiger partial charge >= 0.3 is 0 Å². The van der Waals surface area contributed by atoms with Crippen LogP contribution in [0.3, 0.4) is 0 Å². The summed E-state index contributed by atoms with van der Waals surface area (Å²) in [6, 6.07) is 15.2. The molecule has 2 aromatic rings. The normalized spacial score (nSPS) is 11.6. The second kappa shape index (κ2) is 8.22. The van der Waals surface area contributed by atoms with Crippen LogP contribution in [0.25, 0.3) is 0 Å². The lowest BCUT2D eigenvalue weighted by molar-refractivity contribution is 0.0977. The minimum Gasteiger partial charge on any atom is -0.332 e. The Labute approximate surface area is 150 Å². The maximum absolute atomic E-state index is 12.2. The number of halogens is 1. The van der Waals surface area contributed by atoms with Crippen LogP contribution in [0.5, 0.6) is 0 Å². The van der Waals surface area contributed by atoms with Gasteiger partial charge in [0.1, 0.15) is 0 Å². The summed E-state index contributed by atoms with van der Waals surface area (Å²) in [5.74, 6) is 0.187. The molecule has 0 spiro atoms. The molecule has 2 aromatic carbocycles. The summed E-state index contributed by atoms with van der Waals surface area (Å²) in [5.41, 5.74) is 2.68. The molecular weight excluding hydrogens is 372 g/mol. The van der Waals surface area contributed by atoms with Crippen molar-refractivity contribution in [2.45, 2.75) is 26.2 Å². The molecule has 120 valence electrons. The molecule has 2 N–H and O–H groups in total. The molecule has 1 amide bonds. The number of hydrogen-bond donors (Lipinski definition) is 2. The summed E-state index contributed by atoms with van der Waals surface area (Å²) >= 11 is 8.63. The van der Waals surface area contributed by atoms with Crippen LogP contribution in [-0.2, 0) is 0 Å². The van der Waals surface area contributed by atoms with Gasteiger partial charge in [-0.25, -0.2) is 0 Å². The summed E-state index contributed by atoms with van der Waals surface area (Å²) < 4.78 is 0.853. The topological polar surface area (TPSA) is 41.1 Å². The van der Waals surface area contributed by atoms with Crippen molar-refractivity contribution in [3.8, 4) is 0 Å². The highest BCUT2D eigenvalue weighted by atomic mass is 79.9. The third-order valence-corrected chi connectivity index (χ3v) is 4.36. The highest BCUT2D eigenvalue weighted by Crippen LogP contribution is 2.26. The van der Waals surface area contributed by atoms with Crippen molar-refractivity contribution in [2.75, 3.05) is 5.32 Å². The molecule has 23 heavy (non-hydrogen) atoms. The zero-order valence-corrected chi connectivity index (χ0v) is 15.5. The summed E-state index contributed by atoms with van der Waals surface area (Å²) in [4.78, 5) is 12.2. The molecule has 0 aromatic heterocycles. The van der Waals surface area contributed by atoms with Crippen molar-refractivity contribution in [1.82, 2.24) is 5.32 Å². The summed E-state index contributed by atoms with van der Waals surface area (Å²) in [6.07, 6.45) is 1.04. The molecule has 5 heteroatoms. The SMILES string of the molecule is CC[C@H](C)c1ccccc1NC(=S)NC(=O)c1cccc(Br)c1. The number of carbonyl (C=O) groups is 1. The van der Waals surface area contributed by atoms with Gasteiger partial charge in [0.25, 0.3) is 5.91 Å². The minimum absolute atomic E-state index is 0.232. The lowest BCUT2D eigenvalue weighted by atomic mass is 9.97. The van der Waals surface area contributed by atoms with Crippen molar-refractivity contribution >= 4 is 44.9 Å². The Hall–Kier alpha value is -1.72. The first kappa shape index (κ1) is 17.6. The van der Waals surface area contributed by atoms with E-state index in [1.165, 1.54) is 5.56 Å². The first-order chi connectivity index (χ1) is 11.0. The predicted molar refractivity (Wildman–Crippen MR) is 103 cm³/mol. The van der Waals surface area contributed by atoms with E-state index >= 15 is 0 Å². The monoisotopic (exact) mass is 390 g/mol. The van der Waals surface area contributed by atoms with Crippen molar-refractivity contribution in [3.63, 3.8) is 0 Å². The number of amides is 1. The maximum atomic E-state index is 12.2. The molecule has 2 rings (SSSR count). The lowest BCUT2D eigenvalue weighted by Gasteiger charge is -2.17. The quantitative estimate of drug-likeness (QED) is 0.714. The summed E-state index contributed by atoms with van der Waals surface area (Å²) in [6.45, 7) is 4.32. The average Bonchev–Trinajstić information content (AvgIpc) is 2.54. The fourth-order valence-corrected chi connectivity index (χ4v) is 2.82. The molecule has 0 unspecified atom stereocenters. The van der Waals surface area contributed by atoms with E-state index in [0.29, 0.717) is 16.6 Å². The van der Waals surface area contributed by atoms with E-state index in [-0.39, 0.29) is 5.91 Å². The zero-order valence-electron chi connectivity index (χ0n) is 13.1. The van der Waals surface area contributed by atoms with Gasteiger partial charge in [0, 0.05) is 15.7 Å². The van der Waals surface area contributed by atoms with E-state index in [9.17, 15) is 4.79 Å². The van der Waals surface area contributed by atoms with E-state index in [1.54, 1.807) is 12.1 Å². The molecular formula is C18H19BrN2OS. The minimum atomic E-state index is -0.232. The Morgan fingerprint density at radius 3 is 2.65 bits per heavy atom. The predicted octanol–water partition coefficient (Wildman–Crippen LogP) is 5.09. The van der Waals surface area contributed by atoms with Crippen LogP contribution < -0.4 is 10.6 Å². The van der Waals surface area contributed by atoms with Gasteiger partial charge in [0.2, 0.25) is 0 Å². The van der Waals surface area contributed by atoms with Crippen LogP contribution in [-0.4, -0.2) is 11.0 Å². The maximum Gasteiger partial charge on any atom is 0.257 e. The molecule has 0 saturated carbocycles. The van der Waals surface area contributed by atoms with Crippen LogP contribution in [0, 0.1) is 0 Å². The van der Waals surface area contributed by atoms with Gasteiger partial charge in [-0.3, -0.25) is 10.1 Å². The Morgan fingerprint density at radius 1 is 1.22 bits per heavy atom. The van der Waals surface area contributed by atoms with Crippen LogP contribution in [0.4, 0.5) is 5.69 Å². The van der Waals surface area contributed by atoms with E-state index in [1.807, 2.05) is 30.3 Å². The standard InChI is InChI=1S/C18H19BrN2OS/c1-3-12(2)15-9-4-5-10-16(15)20-18(23)21-17(22)13-7-6-8-14(19)11-13/h4-12H,3H2,1-2H3,(H2,20,21,22,23)/t12-/m0/s1. The number of carbonyl (C=O) groups excluding carboxylic acids is 1. The first-order valence-electron chi connectivity index (χ1n) is 7.48. The second-order valence-electron chi connectivity index (χ2n) is 5.32. The molecule has 3 nitrogen and oxygen atoms in total. The molecule has 0 aliphatic rings. The van der Waals surface area contributed by atoms with Crippen LogP contribution in [0.1, 0.15) is 42.1 Å². The molecule has 0 aliphatic carbocycles. The second-order valence-corrected chi connectivity index (χ2v) is 6.64. The largest absolute Gasteiger partial charge is 0.332 e. The van der Waals surface area contributed by atoms with Gasteiger partial charge in [-0.1, -0.05) is 54.0 Å². The Morgan fingerprint density at radius 2 is 1.96 bits per heavy atom. The van der Waals surface area contributed by atoms with Gasteiger partial charge in [-0.15, -0.1) is 0 Å². The number of thiocarbonyl (C=S) groups is 1. The van der Waals surface area contributed by atoms with Gasteiger partial charge in [0.05, 0.1) is 0 Å². The Balaban J connectivity index is 2.07. The van der Waals surface area contributed by atoms with Crippen molar-refractivity contribution < 1.29 is 4.79 Å². The third-order valence-electron chi connectivity index (χ3n) is 3.67. The molecule has 0 saturated heterocycles. The number of benzene rings is 2. The van der Waals surface area contributed by atoms with Gasteiger partial charge in [-0.05, 0) is 54.4 Å². The first-order valence-corrected chi connectivity index (χ1v) is 8.68.